The van der Waals surface area contributed by atoms with Crippen LogP contribution in [0.5, 0.6) is 0 Å². The summed E-state index contributed by atoms with van der Waals surface area (Å²) in [5.74, 6) is -1.91. The van der Waals surface area contributed by atoms with Gasteiger partial charge in [0.2, 0.25) is 10.0 Å². The fraction of sp³-hybridized carbons (Fsp3) is 0.538. The number of hydrogen-bond acceptors (Lipinski definition) is 3. The van der Waals surface area contributed by atoms with Crippen LogP contribution in [0.1, 0.15) is 12.8 Å². The largest absolute Gasteiger partial charge is 0.305 e. The third-order valence-corrected chi connectivity index (χ3v) is 6.59. The highest BCUT2D eigenvalue weighted by Gasteiger charge is 2.34. The van der Waals surface area contributed by atoms with Crippen molar-refractivity contribution in [3.05, 3.63) is 28.2 Å². The van der Waals surface area contributed by atoms with Gasteiger partial charge in [-0.1, -0.05) is 0 Å². The summed E-state index contributed by atoms with van der Waals surface area (Å²) in [6.45, 7) is 1.51. The van der Waals surface area contributed by atoms with E-state index < -0.39 is 26.6 Å². The van der Waals surface area contributed by atoms with E-state index in [-0.39, 0.29) is 10.5 Å². The topological polar surface area (TPSA) is 40.6 Å². The molecule has 0 aliphatic carbocycles. The fourth-order valence-electron chi connectivity index (χ4n) is 2.55. The van der Waals surface area contributed by atoms with Crippen LogP contribution < -0.4 is 0 Å². The summed E-state index contributed by atoms with van der Waals surface area (Å²) in [6, 6.07) is 1.32. The van der Waals surface area contributed by atoms with Crippen LogP contribution in [0.2, 0.25) is 0 Å². The van der Waals surface area contributed by atoms with Crippen molar-refractivity contribution in [2.45, 2.75) is 23.8 Å². The van der Waals surface area contributed by atoms with Gasteiger partial charge >= 0.3 is 0 Å². The highest BCUT2D eigenvalue weighted by Crippen LogP contribution is 2.30. The van der Waals surface area contributed by atoms with E-state index in [9.17, 15) is 17.2 Å². The Kier molecular flexibility index (Phi) is 5.02. The zero-order valence-corrected chi connectivity index (χ0v) is 14.2. The number of piperidine rings is 1. The molecule has 1 unspecified atom stereocenters. The summed E-state index contributed by atoms with van der Waals surface area (Å²) in [5.41, 5.74) is 0. The molecule has 1 aromatic carbocycles. The molecule has 0 N–H and O–H groups in total. The predicted molar refractivity (Wildman–Crippen MR) is 79.5 cm³/mol. The molecule has 0 radical (unpaired) electrons. The monoisotopic (exact) mass is 382 g/mol. The molecule has 1 saturated heterocycles. The van der Waals surface area contributed by atoms with E-state index in [0.717, 1.165) is 25.5 Å². The summed E-state index contributed by atoms with van der Waals surface area (Å²) in [7, 11) is -0.665. The molecule has 0 amide bonds. The summed E-state index contributed by atoms with van der Waals surface area (Å²) in [6.07, 6.45) is 1.61. The van der Waals surface area contributed by atoms with Gasteiger partial charge in [-0.25, -0.2) is 17.2 Å². The highest BCUT2D eigenvalue weighted by atomic mass is 79.9. The molecule has 1 aliphatic rings. The SMILES string of the molecule is CN1CCCC(N(C)S(=O)(=O)c2c(F)cc(F)cc2Br)C1. The Labute approximate surface area is 131 Å². The van der Waals surface area contributed by atoms with Gasteiger partial charge in [-0.2, -0.15) is 4.31 Å². The zero-order valence-electron chi connectivity index (χ0n) is 11.8. The lowest BCUT2D eigenvalue weighted by Crippen LogP contribution is -2.47. The van der Waals surface area contributed by atoms with Gasteiger partial charge in [0.1, 0.15) is 16.5 Å². The van der Waals surface area contributed by atoms with Crippen molar-refractivity contribution in [2.75, 3.05) is 27.2 Å². The van der Waals surface area contributed by atoms with E-state index in [1.165, 1.54) is 11.4 Å². The van der Waals surface area contributed by atoms with Crippen LogP contribution in [0.4, 0.5) is 8.78 Å². The van der Waals surface area contributed by atoms with Crippen molar-refractivity contribution >= 4 is 26.0 Å². The molecule has 2 rings (SSSR count). The van der Waals surface area contributed by atoms with E-state index in [4.69, 9.17) is 0 Å². The van der Waals surface area contributed by atoms with Gasteiger partial charge in [-0.15, -0.1) is 0 Å². The highest BCUT2D eigenvalue weighted by molar-refractivity contribution is 9.10. The first-order valence-electron chi connectivity index (χ1n) is 6.54. The lowest BCUT2D eigenvalue weighted by molar-refractivity contribution is 0.187. The predicted octanol–water partition coefficient (Wildman–Crippen LogP) is 2.44. The third-order valence-electron chi connectivity index (χ3n) is 3.71. The number of halogens is 3. The smallest absolute Gasteiger partial charge is 0.247 e. The van der Waals surface area contributed by atoms with Crippen LogP contribution in [0.15, 0.2) is 21.5 Å². The summed E-state index contributed by atoms with van der Waals surface area (Å²) in [4.78, 5) is 1.52. The van der Waals surface area contributed by atoms with Crippen LogP contribution in [0, 0.1) is 11.6 Å². The van der Waals surface area contributed by atoms with E-state index in [1.54, 1.807) is 0 Å². The van der Waals surface area contributed by atoms with Crippen LogP contribution in [-0.2, 0) is 10.0 Å². The second-order valence-electron chi connectivity index (χ2n) is 5.28. The van der Waals surface area contributed by atoms with E-state index in [1.807, 2.05) is 11.9 Å². The molecule has 118 valence electrons. The van der Waals surface area contributed by atoms with Crippen molar-refractivity contribution in [1.29, 1.82) is 0 Å². The molecule has 0 saturated carbocycles. The van der Waals surface area contributed by atoms with Gasteiger partial charge in [0, 0.05) is 30.2 Å². The number of sulfonamides is 1. The summed E-state index contributed by atoms with van der Waals surface area (Å²) < 4.78 is 53.3. The molecule has 1 aromatic rings. The normalized spacial score (nSPS) is 21.0. The number of rotatable bonds is 3. The molecule has 1 aliphatic heterocycles. The minimum atomic E-state index is -4.02. The summed E-state index contributed by atoms with van der Waals surface area (Å²) >= 11 is 2.94. The Morgan fingerprint density at radius 2 is 2.05 bits per heavy atom. The van der Waals surface area contributed by atoms with Crippen molar-refractivity contribution in [2.24, 2.45) is 0 Å². The molecule has 1 atom stereocenters. The first kappa shape index (κ1) is 16.8. The van der Waals surface area contributed by atoms with Crippen LogP contribution >= 0.6 is 15.9 Å². The summed E-state index contributed by atoms with van der Waals surface area (Å²) in [5, 5.41) is 0. The number of nitrogens with zero attached hydrogens (tertiary/aromatic N) is 2. The first-order valence-corrected chi connectivity index (χ1v) is 8.78. The minimum absolute atomic E-state index is 0.101. The van der Waals surface area contributed by atoms with Gasteiger partial charge in [0.25, 0.3) is 0 Å². The van der Waals surface area contributed by atoms with Crippen molar-refractivity contribution < 1.29 is 17.2 Å². The molecule has 1 heterocycles. The number of benzene rings is 1. The first-order chi connectivity index (χ1) is 9.73. The number of likely N-dealkylation sites (N-methyl/N-ethyl adjacent to an activating group) is 2. The Morgan fingerprint density at radius 1 is 1.38 bits per heavy atom. The van der Waals surface area contributed by atoms with Gasteiger partial charge < -0.3 is 4.90 Å². The quantitative estimate of drug-likeness (QED) is 0.805. The standard InChI is InChI=1S/C13H17BrF2N2O2S/c1-17-5-3-4-10(8-17)18(2)21(19,20)13-11(14)6-9(15)7-12(13)16/h6-7,10H,3-5,8H2,1-2H3. The van der Waals surface area contributed by atoms with E-state index in [0.29, 0.717) is 12.6 Å². The molecule has 4 nitrogen and oxygen atoms in total. The maximum Gasteiger partial charge on any atom is 0.247 e. The molecular weight excluding hydrogens is 366 g/mol. The fourth-order valence-corrected chi connectivity index (χ4v) is 5.04. The van der Waals surface area contributed by atoms with Crippen LogP contribution in [0.3, 0.4) is 0 Å². The molecule has 8 heteroatoms. The Morgan fingerprint density at radius 3 is 2.62 bits per heavy atom. The second-order valence-corrected chi connectivity index (χ2v) is 8.07. The van der Waals surface area contributed by atoms with Crippen LogP contribution in [-0.4, -0.2) is 50.8 Å². The van der Waals surface area contributed by atoms with Crippen molar-refractivity contribution in [1.82, 2.24) is 9.21 Å². The Hall–Kier alpha value is -0.570. The molecule has 1 fully saturated rings. The Bertz CT molecular complexity index is 616. The number of likely N-dealkylation sites (tertiary alicyclic amines) is 1. The maximum absolute atomic E-state index is 13.9. The van der Waals surface area contributed by atoms with E-state index >= 15 is 0 Å². The molecular formula is C13H17BrF2N2O2S. The lowest BCUT2D eigenvalue weighted by atomic mass is 10.1. The maximum atomic E-state index is 13.9. The Balaban J connectivity index is 2.38. The van der Waals surface area contributed by atoms with Gasteiger partial charge in [-0.05, 0) is 48.4 Å². The van der Waals surface area contributed by atoms with E-state index in [2.05, 4.69) is 15.9 Å². The second kappa shape index (κ2) is 6.28. The van der Waals surface area contributed by atoms with Crippen LogP contribution in [0.25, 0.3) is 0 Å². The lowest BCUT2D eigenvalue weighted by Gasteiger charge is -2.35. The molecule has 0 bridgehead atoms. The molecule has 0 spiro atoms. The van der Waals surface area contributed by atoms with Crippen molar-refractivity contribution in [3.8, 4) is 0 Å². The average molecular weight is 383 g/mol. The minimum Gasteiger partial charge on any atom is -0.305 e. The van der Waals surface area contributed by atoms with Gasteiger partial charge in [-0.3, -0.25) is 0 Å². The van der Waals surface area contributed by atoms with Crippen molar-refractivity contribution in [3.63, 3.8) is 0 Å². The third kappa shape index (κ3) is 3.44. The zero-order chi connectivity index (χ0) is 15.8. The average Bonchev–Trinajstić information content (AvgIpc) is 2.36. The molecule has 21 heavy (non-hydrogen) atoms. The number of hydrogen-bond donors (Lipinski definition) is 0. The van der Waals surface area contributed by atoms with Gasteiger partial charge in [0.05, 0.1) is 0 Å². The van der Waals surface area contributed by atoms with Gasteiger partial charge in [0.15, 0.2) is 0 Å². The molecule has 0 aromatic heterocycles.